The first-order valence-corrected chi connectivity index (χ1v) is 9.26. The molecule has 2 nitrogen and oxygen atoms in total. The first-order chi connectivity index (χ1) is 12.3. The lowest BCUT2D eigenvalue weighted by Gasteiger charge is -2.26. The lowest BCUT2D eigenvalue weighted by atomic mass is 10.0. The van der Waals surface area contributed by atoms with Crippen molar-refractivity contribution in [2.45, 2.75) is 6.42 Å². The van der Waals surface area contributed by atoms with Crippen molar-refractivity contribution in [2.75, 3.05) is 32.8 Å². The molecule has 1 fully saturated rings. The monoisotopic (exact) mass is 351 g/mol. The van der Waals surface area contributed by atoms with E-state index in [1.54, 1.807) is 0 Å². The van der Waals surface area contributed by atoms with Gasteiger partial charge < -0.3 is 4.74 Å². The van der Waals surface area contributed by atoms with Crippen LogP contribution < -0.4 is 0 Å². The Morgan fingerprint density at radius 3 is 2.48 bits per heavy atom. The Labute approximate surface area is 154 Å². The molecule has 1 saturated heterocycles. The van der Waals surface area contributed by atoms with E-state index in [2.05, 4.69) is 47.4 Å². The summed E-state index contributed by atoms with van der Waals surface area (Å²) in [5, 5.41) is 0.794. The van der Waals surface area contributed by atoms with Gasteiger partial charge in [-0.15, -0.1) is 0 Å². The van der Waals surface area contributed by atoms with E-state index in [0.29, 0.717) is 0 Å². The Kier molecular flexibility index (Phi) is 5.02. The van der Waals surface area contributed by atoms with E-state index in [1.807, 2.05) is 18.2 Å². The summed E-state index contributed by atoms with van der Waals surface area (Å²) in [5.74, 6) is 0. The molecule has 0 atom stereocenters. The maximum absolute atomic E-state index is 6.35. The van der Waals surface area contributed by atoms with Gasteiger partial charge in [-0.2, -0.15) is 0 Å². The maximum atomic E-state index is 6.35. The summed E-state index contributed by atoms with van der Waals surface area (Å²) in [4.78, 5) is 2.49. The zero-order valence-electron chi connectivity index (χ0n) is 14.2. The fraction of sp³-hybridized carbons (Fsp3) is 0.273. The molecule has 0 aromatic heterocycles. The first-order valence-electron chi connectivity index (χ1n) is 8.88. The van der Waals surface area contributed by atoms with Crippen LogP contribution in [0.5, 0.6) is 0 Å². The normalized spacial score (nSPS) is 19.1. The van der Waals surface area contributed by atoms with E-state index < -0.39 is 0 Å². The Morgan fingerprint density at radius 1 is 0.960 bits per heavy atom. The summed E-state index contributed by atoms with van der Waals surface area (Å²) in [6, 6.07) is 16.7. The van der Waals surface area contributed by atoms with Crippen molar-refractivity contribution < 1.29 is 4.74 Å². The summed E-state index contributed by atoms with van der Waals surface area (Å²) in [7, 11) is 0. The number of hydrogen-bond donors (Lipinski definition) is 0. The summed E-state index contributed by atoms with van der Waals surface area (Å²) in [6.45, 7) is 4.87. The standard InChI is InChI=1S/C22H22ClNO/c23-22-8-4-1-5-18(22)16-19-15-17(20-6-2-3-7-21(19)20)9-10-24-11-13-25-14-12-24/h1-8,15-16H,9-14H2/b19-16+. The van der Waals surface area contributed by atoms with Gasteiger partial charge in [0.05, 0.1) is 13.2 Å². The second kappa shape index (κ2) is 7.57. The van der Waals surface area contributed by atoms with E-state index in [9.17, 15) is 0 Å². The summed E-state index contributed by atoms with van der Waals surface area (Å²) in [5.41, 5.74) is 6.40. The molecule has 4 rings (SSSR count). The largest absolute Gasteiger partial charge is 0.379 e. The van der Waals surface area contributed by atoms with Gasteiger partial charge in [-0.3, -0.25) is 4.90 Å². The highest BCUT2D eigenvalue weighted by molar-refractivity contribution is 6.32. The number of fused-ring (bicyclic) bond motifs is 1. The molecule has 0 N–H and O–H groups in total. The minimum atomic E-state index is 0.794. The van der Waals surface area contributed by atoms with Crippen molar-refractivity contribution in [1.82, 2.24) is 4.90 Å². The number of allylic oxidation sites excluding steroid dienone is 2. The molecule has 1 aliphatic heterocycles. The molecular formula is C22H22ClNO. The molecule has 0 spiro atoms. The van der Waals surface area contributed by atoms with Crippen LogP contribution in [0.3, 0.4) is 0 Å². The molecule has 0 amide bonds. The lowest BCUT2D eigenvalue weighted by molar-refractivity contribution is 0.0390. The number of nitrogens with zero attached hydrogens (tertiary/aromatic N) is 1. The third-order valence-corrected chi connectivity index (χ3v) is 5.28. The number of ether oxygens (including phenoxy) is 1. The fourth-order valence-corrected chi connectivity index (χ4v) is 3.74. The Bertz CT molecular complexity index is 818. The molecule has 0 radical (unpaired) electrons. The minimum absolute atomic E-state index is 0.794. The average Bonchev–Trinajstić information content (AvgIpc) is 3.01. The van der Waals surface area contributed by atoms with Crippen molar-refractivity contribution in [3.8, 4) is 0 Å². The summed E-state index contributed by atoms with van der Waals surface area (Å²) < 4.78 is 5.44. The van der Waals surface area contributed by atoms with E-state index in [1.165, 1.54) is 22.3 Å². The number of benzene rings is 2. The SMILES string of the molecule is Clc1ccccc1/C=C1\C=C(CCN2CCOCC2)c2ccccc21. The van der Waals surface area contributed by atoms with Gasteiger partial charge in [0.15, 0.2) is 0 Å². The molecule has 0 saturated carbocycles. The highest BCUT2D eigenvalue weighted by Crippen LogP contribution is 2.38. The minimum Gasteiger partial charge on any atom is -0.379 e. The third kappa shape index (κ3) is 3.72. The summed E-state index contributed by atoms with van der Waals surface area (Å²) >= 11 is 6.35. The van der Waals surface area contributed by atoms with Gasteiger partial charge in [-0.05, 0) is 46.4 Å². The second-order valence-electron chi connectivity index (χ2n) is 6.54. The molecule has 25 heavy (non-hydrogen) atoms. The Balaban J connectivity index is 1.60. The molecule has 2 aliphatic rings. The van der Waals surface area contributed by atoms with Crippen LogP contribution in [0.1, 0.15) is 23.1 Å². The van der Waals surface area contributed by atoms with Crippen molar-refractivity contribution in [3.05, 3.63) is 76.3 Å². The second-order valence-corrected chi connectivity index (χ2v) is 6.95. The lowest BCUT2D eigenvalue weighted by Crippen LogP contribution is -2.36. The van der Waals surface area contributed by atoms with Crippen molar-refractivity contribution in [2.24, 2.45) is 0 Å². The van der Waals surface area contributed by atoms with Gasteiger partial charge in [0.25, 0.3) is 0 Å². The van der Waals surface area contributed by atoms with Crippen molar-refractivity contribution in [1.29, 1.82) is 0 Å². The maximum Gasteiger partial charge on any atom is 0.0594 e. The van der Waals surface area contributed by atoms with Crippen LogP contribution in [0.2, 0.25) is 5.02 Å². The number of halogens is 1. The van der Waals surface area contributed by atoms with Crippen molar-refractivity contribution in [3.63, 3.8) is 0 Å². The summed E-state index contributed by atoms with van der Waals surface area (Å²) in [6.07, 6.45) is 5.59. The molecule has 3 heteroatoms. The molecule has 1 heterocycles. The number of rotatable bonds is 4. The smallest absolute Gasteiger partial charge is 0.0594 e. The van der Waals surface area contributed by atoms with E-state index >= 15 is 0 Å². The quantitative estimate of drug-likeness (QED) is 0.768. The first kappa shape index (κ1) is 16.6. The zero-order chi connectivity index (χ0) is 17.1. The predicted molar refractivity (Wildman–Crippen MR) is 106 cm³/mol. The molecule has 128 valence electrons. The Hall–Kier alpha value is -1.87. The van der Waals surface area contributed by atoms with Crippen LogP contribution in [0.4, 0.5) is 0 Å². The Morgan fingerprint density at radius 2 is 1.68 bits per heavy atom. The molecule has 2 aromatic carbocycles. The molecular weight excluding hydrogens is 330 g/mol. The number of morpholine rings is 1. The van der Waals surface area contributed by atoms with Gasteiger partial charge in [-0.1, -0.05) is 60.1 Å². The van der Waals surface area contributed by atoms with Crippen LogP contribution in [0, 0.1) is 0 Å². The van der Waals surface area contributed by atoms with Crippen LogP contribution >= 0.6 is 11.6 Å². The van der Waals surface area contributed by atoms with E-state index in [-0.39, 0.29) is 0 Å². The van der Waals surface area contributed by atoms with Gasteiger partial charge in [-0.25, -0.2) is 0 Å². The van der Waals surface area contributed by atoms with Crippen LogP contribution in [-0.2, 0) is 4.74 Å². The van der Waals surface area contributed by atoms with Crippen LogP contribution in [-0.4, -0.2) is 37.7 Å². The fourth-order valence-electron chi connectivity index (χ4n) is 3.55. The number of hydrogen-bond acceptors (Lipinski definition) is 2. The van der Waals surface area contributed by atoms with E-state index in [4.69, 9.17) is 16.3 Å². The van der Waals surface area contributed by atoms with Crippen LogP contribution in [0.15, 0.2) is 54.6 Å². The average molecular weight is 352 g/mol. The topological polar surface area (TPSA) is 12.5 Å². The van der Waals surface area contributed by atoms with Gasteiger partial charge in [0.2, 0.25) is 0 Å². The van der Waals surface area contributed by atoms with Crippen molar-refractivity contribution >= 4 is 28.8 Å². The molecule has 2 aromatic rings. The van der Waals surface area contributed by atoms with Crippen LogP contribution in [0.25, 0.3) is 17.2 Å². The van der Waals surface area contributed by atoms with Gasteiger partial charge >= 0.3 is 0 Å². The van der Waals surface area contributed by atoms with Gasteiger partial charge in [0, 0.05) is 24.7 Å². The third-order valence-electron chi connectivity index (χ3n) is 4.93. The van der Waals surface area contributed by atoms with Gasteiger partial charge in [0.1, 0.15) is 0 Å². The molecule has 0 unspecified atom stereocenters. The molecule has 1 aliphatic carbocycles. The van der Waals surface area contributed by atoms with E-state index in [0.717, 1.165) is 49.9 Å². The highest BCUT2D eigenvalue weighted by Gasteiger charge is 2.19. The zero-order valence-corrected chi connectivity index (χ0v) is 15.0. The highest BCUT2D eigenvalue weighted by atomic mass is 35.5. The molecule has 0 bridgehead atoms. The predicted octanol–water partition coefficient (Wildman–Crippen LogP) is 5.00.